The van der Waals surface area contributed by atoms with Crippen LogP contribution < -0.4 is 5.32 Å². The monoisotopic (exact) mass is 276 g/mol. The van der Waals surface area contributed by atoms with E-state index in [2.05, 4.69) is 15.5 Å². The van der Waals surface area contributed by atoms with Crippen LogP contribution in [0.25, 0.3) is 11.5 Å². The molecular formula is C13H16N4O3. The average Bonchev–Trinajstić information content (AvgIpc) is 2.85. The van der Waals surface area contributed by atoms with Crippen molar-refractivity contribution in [3.8, 4) is 11.5 Å². The fraction of sp³-hybridized carbons (Fsp3) is 0.385. The zero-order valence-electron chi connectivity index (χ0n) is 11.6. The molecule has 1 N–H and O–H groups in total. The molecule has 0 aliphatic rings. The van der Waals surface area contributed by atoms with Crippen LogP contribution in [-0.4, -0.2) is 21.1 Å². The summed E-state index contributed by atoms with van der Waals surface area (Å²) >= 11 is 0. The van der Waals surface area contributed by atoms with Gasteiger partial charge in [0.05, 0.1) is 11.5 Å². The second kappa shape index (κ2) is 5.79. The molecule has 0 saturated heterocycles. The molecule has 1 aromatic heterocycles. The highest BCUT2D eigenvalue weighted by molar-refractivity contribution is 5.62. The van der Waals surface area contributed by atoms with Crippen molar-refractivity contribution in [1.29, 1.82) is 0 Å². The molecule has 106 valence electrons. The number of nitrogens with zero attached hydrogens (tertiary/aromatic N) is 3. The Bertz CT molecular complexity index is 622. The molecule has 0 radical (unpaired) electrons. The quantitative estimate of drug-likeness (QED) is 0.665. The van der Waals surface area contributed by atoms with E-state index in [1.807, 2.05) is 20.8 Å². The molecule has 1 aromatic carbocycles. The minimum atomic E-state index is -0.444. The van der Waals surface area contributed by atoms with Crippen molar-refractivity contribution in [2.24, 2.45) is 0 Å². The molecule has 0 aliphatic carbocycles. The number of rotatable bonds is 5. The predicted octanol–water partition coefficient (Wildman–Crippen LogP) is 2.45. The van der Waals surface area contributed by atoms with E-state index >= 15 is 0 Å². The molecule has 0 bridgehead atoms. The molecular weight excluding hydrogens is 260 g/mol. The molecule has 2 aromatic rings. The lowest BCUT2D eigenvalue weighted by Gasteiger charge is -2.03. The van der Waals surface area contributed by atoms with Crippen LogP contribution in [0.2, 0.25) is 0 Å². The Balaban J connectivity index is 2.27. The first kappa shape index (κ1) is 14.1. The van der Waals surface area contributed by atoms with Gasteiger partial charge in [0.15, 0.2) is 5.82 Å². The van der Waals surface area contributed by atoms with Gasteiger partial charge in [-0.2, -0.15) is 4.98 Å². The highest BCUT2D eigenvalue weighted by atomic mass is 16.6. The second-order valence-electron chi connectivity index (χ2n) is 4.81. The van der Waals surface area contributed by atoms with E-state index in [1.165, 1.54) is 12.1 Å². The Hall–Kier alpha value is -2.28. The van der Waals surface area contributed by atoms with Crippen LogP contribution >= 0.6 is 0 Å². The van der Waals surface area contributed by atoms with Gasteiger partial charge in [-0.25, -0.2) is 0 Å². The molecule has 0 unspecified atom stereocenters. The maximum absolute atomic E-state index is 10.8. The fourth-order valence-corrected chi connectivity index (χ4v) is 1.68. The standard InChI is InChI=1S/C13H16N4O3/c1-8(2)14-7-12-15-13(20-16-12)11-6-10(17(18)19)5-4-9(11)3/h4-6,8,14H,7H2,1-3H3. The van der Waals surface area contributed by atoms with E-state index in [0.717, 1.165) is 5.56 Å². The van der Waals surface area contributed by atoms with Crippen LogP contribution in [0.4, 0.5) is 5.69 Å². The van der Waals surface area contributed by atoms with Gasteiger partial charge in [0.1, 0.15) is 0 Å². The first-order valence-electron chi connectivity index (χ1n) is 6.28. The molecule has 20 heavy (non-hydrogen) atoms. The van der Waals surface area contributed by atoms with E-state index in [4.69, 9.17) is 4.52 Å². The highest BCUT2D eigenvalue weighted by Gasteiger charge is 2.15. The molecule has 0 aliphatic heterocycles. The third-order valence-electron chi connectivity index (χ3n) is 2.80. The molecule has 7 nitrogen and oxygen atoms in total. The van der Waals surface area contributed by atoms with Crippen molar-refractivity contribution in [2.75, 3.05) is 0 Å². The molecule has 2 rings (SSSR count). The van der Waals surface area contributed by atoms with E-state index in [1.54, 1.807) is 6.07 Å². The maximum Gasteiger partial charge on any atom is 0.270 e. The van der Waals surface area contributed by atoms with Gasteiger partial charge in [0, 0.05) is 23.7 Å². The molecule has 0 atom stereocenters. The average molecular weight is 276 g/mol. The largest absolute Gasteiger partial charge is 0.334 e. The van der Waals surface area contributed by atoms with Crippen molar-refractivity contribution < 1.29 is 9.45 Å². The summed E-state index contributed by atoms with van der Waals surface area (Å²) in [6, 6.07) is 4.89. The summed E-state index contributed by atoms with van der Waals surface area (Å²) in [7, 11) is 0. The van der Waals surface area contributed by atoms with Crippen molar-refractivity contribution >= 4 is 5.69 Å². The molecule has 7 heteroatoms. The van der Waals surface area contributed by atoms with Gasteiger partial charge < -0.3 is 9.84 Å². The van der Waals surface area contributed by atoms with Crippen LogP contribution in [0.1, 0.15) is 25.2 Å². The number of benzene rings is 1. The van der Waals surface area contributed by atoms with Gasteiger partial charge in [0.25, 0.3) is 11.6 Å². The Labute approximate surface area is 116 Å². The van der Waals surface area contributed by atoms with Crippen LogP contribution in [-0.2, 0) is 6.54 Å². The Morgan fingerprint density at radius 3 is 2.85 bits per heavy atom. The van der Waals surface area contributed by atoms with E-state index < -0.39 is 4.92 Å². The highest BCUT2D eigenvalue weighted by Crippen LogP contribution is 2.26. The molecule has 0 saturated carbocycles. The number of aryl methyl sites for hydroxylation is 1. The van der Waals surface area contributed by atoms with Crippen LogP contribution in [0.5, 0.6) is 0 Å². The normalized spacial score (nSPS) is 11.0. The van der Waals surface area contributed by atoms with Gasteiger partial charge in [-0.1, -0.05) is 25.1 Å². The lowest BCUT2D eigenvalue weighted by atomic mass is 10.1. The summed E-state index contributed by atoms with van der Waals surface area (Å²) in [5, 5.41) is 17.8. The Morgan fingerprint density at radius 1 is 1.45 bits per heavy atom. The summed E-state index contributed by atoms with van der Waals surface area (Å²) in [5.74, 6) is 0.825. The van der Waals surface area contributed by atoms with Crippen molar-refractivity contribution in [2.45, 2.75) is 33.4 Å². The van der Waals surface area contributed by atoms with Crippen LogP contribution in [0, 0.1) is 17.0 Å². The van der Waals surface area contributed by atoms with Gasteiger partial charge in [-0.05, 0) is 12.5 Å². The van der Waals surface area contributed by atoms with Gasteiger partial charge in [0.2, 0.25) is 0 Å². The lowest BCUT2D eigenvalue weighted by molar-refractivity contribution is -0.384. The number of hydrogen-bond donors (Lipinski definition) is 1. The number of aromatic nitrogens is 2. The topological polar surface area (TPSA) is 94.1 Å². The van der Waals surface area contributed by atoms with Crippen molar-refractivity contribution in [1.82, 2.24) is 15.5 Å². The van der Waals surface area contributed by atoms with Crippen molar-refractivity contribution in [3.63, 3.8) is 0 Å². The van der Waals surface area contributed by atoms with Crippen LogP contribution in [0.3, 0.4) is 0 Å². The lowest BCUT2D eigenvalue weighted by Crippen LogP contribution is -2.22. The number of non-ortho nitro benzene ring substituents is 1. The third-order valence-corrected chi connectivity index (χ3v) is 2.80. The summed E-state index contributed by atoms with van der Waals surface area (Å²) in [6.07, 6.45) is 0. The zero-order valence-corrected chi connectivity index (χ0v) is 11.6. The number of nitrogens with one attached hydrogen (secondary N) is 1. The van der Waals surface area contributed by atoms with Crippen LogP contribution in [0.15, 0.2) is 22.7 Å². The Morgan fingerprint density at radius 2 is 2.20 bits per heavy atom. The summed E-state index contributed by atoms with van der Waals surface area (Å²) in [5.41, 5.74) is 1.44. The Kier molecular flexibility index (Phi) is 4.09. The number of nitro groups is 1. The molecule has 1 heterocycles. The van der Waals surface area contributed by atoms with Gasteiger partial charge >= 0.3 is 0 Å². The SMILES string of the molecule is Cc1ccc([N+](=O)[O-])cc1-c1nc(CNC(C)C)no1. The smallest absolute Gasteiger partial charge is 0.270 e. The van der Waals surface area contributed by atoms with Crippen molar-refractivity contribution in [3.05, 3.63) is 39.7 Å². The van der Waals surface area contributed by atoms with Gasteiger partial charge in [-0.3, -0.25) is 10.1 Å². The minimum absolute atomic E-state index is 0.00524. The first-order valence-corrected chi connectivity index (χ1v) is 6.28. The second-order valence-corrected chi connectivity index (χ2v) is 4.81. The van der Waals surface area contributed by atoms with E-state index in [9.17, 15) is 10.1 Å². The first-order chi connectivity index (χ1) is 9.47. The zero-order chi connectivity index (χ0) is 14.7. The summed E-state index contributed by atoms with van der Waals surface area (Å²) < 4.78 is 5.17. The molecule has 0 fully saturated rings. The van der Waals surface area contributed by atoms with E-state index in [0.29, 0.717) is 29.9 Å². The summed E-state index contributed by atoms with van der Waals surface area (Å²) in [6.45, 7) is 6.38. The predicted molar refractivity (Wildman–Crippen MR) is 73.1 cm³/mol. The minimum Gasteiger partial charge on any atom is -0.334 e. The van der Waals surface area contributed by atoms with E-state index in [-0.39, 0.29) is 5.69 Å². The molecule has 0 amide bonds. The summed E-state index contributed by atoms with van der Waals surface area (Å²) in [4.78, 5) is 14.6. The molecule has 0 spiro atoms. The number of hydrogen-bond acceptors (Lipinski definition) is 6. The van der Waals surface area contributed by atoms with Gasteiger partial charge in [-0.15, -0.1) is 0 Å². The maximum atomic E-state index is 10.8. The third kappa shape index (κ3) is 3.18. The number of nitro benzene ring substituents is 1. The fourth-order valence-electron chi connectivity index (χ4n) is 1.68.